The first-order chi connectivity index (χ1) is 11.0. The van der Waals surface area contributed by atoms with Crippen molar-refractivity contribution in [2.24, 2.45) is 0 Å². The van der Waals surface area contributed by atoms with Gasteiger partial charge in [-0.15, -0.1) is 0 Å². The molecule has 0 aliphatic rings. The summed E-state index contributed by atoms with van der Waals surface area (Å²) in [5.74, 6) is 1.86. The van der Waals surface area contributed by atoms with Gasteiger partial charge >= 0.3 is 0 Å². The maximum Gasteiger partial charge on any atom is 0.124 e. The number of hydrogen-bond donors (Lipinski definition) is 0. The third kappa shape index (κ3) is 7.04. The highest BCUT2D eigenvalue weighted by molar-refractivity contribution is 9.08. The molecule has 132 valence electrons. The van der Waals surface area contributed by atoms with Crippen LogP contribution in [0.3, 0.4) is 0 Å². The highest BCUT2D eigenvalue weighted by Gasteiger charge is 2.22. The molecule has 0 bridgehead atoms. The van der Waals surface area contributed by atoms with Crippen molar-refractivity contribution in [1.29, 1.82) is 0 Å². The minimum atomic E-state index is -0.151. The van der Waals surface area contributed by atoms with E-state index in [9.17, 15) is 0 Å². The zero-order valence-electron chi connectivity index (χ0n) is 14.9. The molecule has 1 rings (SSSR count). The molecule has 4 heteroatoms. The van der Waals surface area contributed by atoms with Crippen LogP contribution >= 0.6 is 31.9 Å². The number of alkyl halides is 2. The van der Waals surface area contributed by atoms with Crippen molar-refractivity contribution in [2.75, 3.05) is 7.11 Å². The van der Waals surface area contributed by atoms with E-state index in [-0.39, 0.29) is 5.60 Å². The van der Waals surface area contributed by atoms with Crippen LogP contribution in [0.15, 0.2) is 12.1 Å². The van der Waals surface area contributed by atoms with Crippen LogP contribution in [0.25, 0.3) is 0 Å². The van der Waals surface area contributed by atoms with E-state index in [2.05, 4.69) is 64.8 Å². The monoisotopic (exact) mass is 448 g/mol. The molecular weight excluding hydrogens is 420 g/mol. The van der Waals surface area contributed by atoms with E-state index in [1.54, 1.807) is 7.11 Å². The highest BCUT2D eigenvalue weighted by atomic mass is 79.9. The average Bonchev–Trinajstić information content (AvgIpc) is 2.53. The Bertz CT molecular complexity index is 473. The fraction of sp³-hybridized carbons (Fsp3) is 0.684. The molecule has 23 heavy (non-hydrogen) atoms. The summed E-state index contributed by atoms with van der Waals surface area (Å²) in [6.07, 6.45) is 7.54. The van der Waals surface area contributed by atoms with Crippen LogP contribution in [0.5, 0.6) is 11.5 Å². The van der Waals surface area contributed by atoms with Crippen LogP contribution in [0.4, 0.5) is 0 Å². The second-order valence-electron chi connectivity index (χ2n) is 6.57. The van der Waals surface area contributed by atoms with Crippen molar-refractivity contribution in [3.63, 3.8) is 0 Å². The lowest BCUT2D eigenvalue weighted by molar-refractivity contribution is 0.0949. The molecule has 0 radical (unpaired) electrons. The first-order valence-electron chi connectivity index (χ1n) is 8.48. The molecule has 0 heterocycles. The molecule has 0 atom stereocenters. The van der Waals surface area contributed by atoms with Gasteiger partial charge in [-0.05, 0) is 38.8 Å². The molecule has 0 unspecified atom stereocenters. The lowest BCUT2D eigenvalue weighted by Gasteiger charge is -2.28. The third-order valence-corrected chi connectivity index (χ3v) is 5.23. The standard InChI is InChI=1S/C19H30Br2O2/c1-5-6-7-8-9-10-19(2,3)23-18-12-15(13-20)17(22-4)11-16(18)14-21/h11-12H,5-10,13-14H2,1-4H3. The first-order valence-corrected chi connectivity index (χ1v) is 10.7. The minimum absolute atomic E-state index is 0.151. The SMILES string of the molecule is CCCCCCCC(C)(C)Oc1cc(CBr)c(OC)cc1CBr. The Morgan fingerprint density at radius 3 is 2.04 bits per heavy atom. The van der Waals surface area contributed by atoms with Crippen LogP contribution in [0, 0.1) is 0 Å². The Hall–Kier alpha value is -0.220. The van der Waals surface area contributed by atoms with Crippen molar-refractivity contribution in [1.82, 2.24) is 0 Å². The predicted molar refractivity (Wildman–Crippen MR) is 106 cm³/mol. The van der Waals surface area contributed by atoms with E-state index in [0.29, 0.717) is 0 Å². The number of hydrogen-bond acceptors (Lipinski definition) is 2. The van der Waals surface area contributed by atoms with Gasteiger partial charge in [-0.3, -0.25) is 0 Å². The molecule has 0 aliphatic heterocycles. The normalized spacial score (nSPS) is 11.6. The van der Waals surface area contributed by atoms with Crippen molar-refractivity contribution in [2.45, 2.75) is 75.6 Å². The van der Waals surface area contributed by atoms with Gasteiger partial charge in [0.2, 0.25) is 0 Å². The van der Waals surface area contributed by atoms with E-state index in [1.165, 1.54) is 32.1 Å². The summed E-state index contributed by atoms with van der Waals surface area (Å²) < 4.78 is 11.8. The van der Waals surface area contributed by atoms with Crippen LogP contribution < -0.4 is 9.47 Å². The Balaban J connectivity index is 2.77. The van der Waals surface area contributed by atoms with Gasteiger partial charge in [0.25, 0.3) is 0 Å². The maximum absolute atomic E-state index is 6.37. The van der Waals surface area contributed by atoms with Gasteiger partial charge in [0.05, 0.1) is 7.11 Å². The van der Waals surface area contributed by atoms with Crippen molar-refractivity contribution >= 4 is 31.9 Å². The first kappa shape index (κ1) is 20.8. The summed E-state index contributed by atoms with van der Waals surface area (Å²) in [7, 11) is 1.71. The number of benzene rings is 1. The number of unbranched alkanes of at least 4 members (excludes halogenated alkanes) is 4. The quantitative estimate of drug-likeness (QED) is 0.267. The topological polar surface area (TPSA) is 18.5 Å². The van der Waals surface area contributed by atoms with Gasteiger partial charge in [0.1, 0.15) is 17.1 Å². The Morgan fingerprint density at radius 1 is 0.913 bits per heavy atom. The molecule has 0 saturated carbocycles. The highest BCUT2D eigenvalue weighted by Crippen LogP contribution is 2.34. The van der Waals surface area contributed by atoms with Crippen molar-refractivity contribution in [3.8, 4) is 11.5 Å². The molecule has 0 saturated heterocycles. The third-order valence-electron chi connectivity index (χ3n) is 4.02. The lowest BCUT2D eigenvalue weighted by Crippen LogP contribution is -2.28. The molecule has 0 amide bonds. The lowest BCUT2D eigenvalue weighted by atomic mass is 9.99. The molecule has 1 aromatic rings. The second kappa shape index (κ2) is 10.6. The van der Waals surface area contributed by atoms with E-state index in [0.717, 1.165) is 39.7 Å². The summed E-state index contributed by atoms with van der Waals surface area (Å²) in [5, 5.41) is 1.51. The van der Waals surface area contributed by atoms with E-state index >= 15 is 0 Å². The Kier molecular flexibility index (Phi) is 9.60. The molecule has 0 fully saturated rings. The van der Waals surface area contributed by atoms with Crippen LogP contribution in [-0.4, -0.2) is 12.7 Å². The number of rotatable bonds is 11. The Morgan fingerprint density at radius 2 is 1.48 bits per heavy atom. The smallest absolute Gasteiger partial charge is 0.124 e. The molecular formula is C19H30Br2O2. The number of halogens is 2. The van der Waals surface area contributed by atoms with Crippen LogP contribution in [0.1, 0.15) is 70.4 Å². The second-order valence-corrected chi connectivity index (χ2v) is 7.69. The summed E-state index contributed by atoms with van der Waals surface area (Å²) in [6, 6.07) is 4.17. The minimum Gasteiger partial charge on any atom is -0.496 e. The molecule has 0 aromatic heterocycles. The van der Waals surface area contributed by atoms with Crippen molar-refractivity contribution in [3.05, 3.63) is 23.3 Å². The summed E-state index contributed by atoms with van der Waals surface area (Å²) >= 11 is 7.09. The zero-order chi connectivity index (χ0) is 17.3. The summed E-state index contributed by atoms with van der Waals surface area (Å²) in [4.78, 5) is 0. The van der Waals surface area contributed by atoms with Gasteiger partial charge in [-0.1, -0.05) is 64.5 Å². The van der Waals surface area contributed by atoms with E-state index in [4.69, 9.17) is 9.47 Å². The van der Waals surface area contributed by atoms with Gasteiger partial charge in [0, 0.05) is 21.8 Å². The predicted octanol–water partition coefficient (Wildman–Crippen LogP) is 7.00. The van der Waals surface area contributed by atoms with Gasteiger partial charge in [0.15, 0.2) is 0 Å². The van der Waals surface area contributed by atoms with Gasteiger partial charge < -0.3 is 9.47 Å². The molecule has 0 N–H and O–H groups in total. The number of methoxy groups -OCH3 is 1. The molecule has 0 spiro atoms. The van der Waals surface area contributed by atoms with Crippen LogP contribution in [-0.2, 0) is 10.7 Å². The number of ether oxygens (including phenoxy) is 2. The molecule has 2 nitrogen and oxygen atoms in total. The fourth-order valence-corrected chi connectivity index (χ4v) is 3.52. The Labute approximate surface area is 158 Å². The van der Waals surface area contributed by atoms with Crippen molar-refractivity contribution < 1.29 is 9.47 Å². The molecule has 1 aromatic carbocycles. The summed E-state index contributed by atoms with van der Waals surface area (Å²) in [5.41, 5.74) is 2.10. The van der Waals surface area contributed by atoms with E-state index < -0.39 is 0 Å². The van der Waals surface area contributed by atoms with Gasteiger partial charge in [-0.2, -0.15) is 0 Å². The fourth-order valence-electron chi connectivity index (χ4n) is 2.64. The largest absolute Gasteiger partial charge is 0.496 e. The zero-order valence-corrected chi connectivity index (χ0v) is 18.1. The molecule has 0 aliphatic carbocycles. The van der Waals surface area contributed by atoms with Gasteiger partial charge in [-0.25, -0.2) is 0 Å². The maximum atomic E-state index is 6.37. The summed E-state index contributed by atoms with van der Waals surface area (Å²) in [6.45, 7) is 6.62. The van der Waals surface area contributed by atoms with Crippen LogP contribution in [0.2, 0.25) is 0 Å². The average molecular weight is 450 g/mol. The van der Waals surface area contributed by atoms with E-state index in [1.807, 2.05) is 0 Å².